The van der Waals surface area contributed by atoms with E-state index < -0.39 is 12.8 Å². The third-order valence-electron chi connectivity index (χ3n) is 1.68. The van der Waals surface area contributed by atoms with Crippen molar-refractivity contribution in [3.63, 3.8) is 0 Å². The first-order valence-corrected chi connectivity index (χ1v) is 5.08. The summed E-state index contributed by atoms with van der Waals surface area (Å²) < 4.78 is 34.9. The van der Waals surface area contributed by atoms with Gasteiger partial charge in [-0.1, -0.05) is 6.92 Å². The molecule has 13 heavy (non-hydrogen) atoms. The van der Waals surface area contributed by atoms with Gasteiger partial charge >= 0.3 is 6.18 Å². The van der Waals surface area contributed by atoms with Crippen molar-refractivity contribution in [2.45, 2.75) is 30.8 Å². The molecule has 0 aromatic rings. The number of hydrogen-bond acceptors (Lipinski definition) is 3. The van der Waals surface area contributed by atoms with Crippen molar-refractivity contribution in [2.75, 3.05) is 12.4 Å². The average Bonchev–Trinajstić information content (AvgIpc) is 2.33. The van der Waals surface area contributed by atoms with Crippen LogP contribution in [0.2, 0.25) is 0 Å². The standard InChI is InChI=1S/C7H12F3NOS/c1-5-2-6(3-13-5)11-12-4-7(8,9)10/h5-6,11H,2-4H2,1H3. The Morgan fingerprint density at radius 3 is 2.69 bits per heavy atom. The van der Waals surface area contributed by atoms with Crippen LogP contribution in [0.25, 0.3) is 0 Å². The summed E-state index contributed by atoms with van der Waals surface area (Å²) in [7, 11) is 0. The molecule has 0 bridgehead atoms. The maximum atomic E-state index is 11.6. The fourth-order valence-electron chi connectivity index (χ4n) is 1.14. The normalized spacial score (nSPS) is 29.5. The SMILES string of the molecule is CC1CC(NOCC(F)(F)F)CS1. The number of nitrogens with one attached hydrogen (secondary N) is 1. The monoisotopic (exact) mass is 215 g/mol. The molecule has 78 valence electrons. The van der Waals surface area contributed by atoms with E-state index in [0.29, 0.717) is 5.25 Å². The second-order valence-corrected chi connectivity index (χ2v) is 4.57. The summed E-state index contributed by atoms with van der Waals surface area (Å²) in [5.74, 6) is 0.818. The van der Waals surface area contributed by atoms with Gasteiger partial charge < -0.3 is 0 Å². The maximum Gasteiger partial charge on any atom is 0.413 e. The van der Waals surface area contributed by atoms with Gasteiger partial charge in [-0.15, -0.1) is 0 Å². The van der Waals surface area contributed by atoms with Crippen LogP contribution in [-0.4, -0.2) is 29.8 Å². The maximum absolute atomic E-state index is 11.6. The van der Waals surface area contributed by atoms with Gasteiger partial charge in [0, 0.05) is 17.0 Å². The Balaban J connectivity index is 2.07. The molecule has 1 N–H and O–H groups in total. The van der Waals surface area contributed by atoms with Crippen molar-refractivity contribution in [3.05, 3.63) is 0 Å². The Kier molecular flexibility index (Phi) is 3.87. The smallest absolute Gasteiger partial charge is 0.292 e. The minimum absolute atomic E-state index is 0.0577. The summed E-state index contributed by atoms with van der Waals surface area (Å²) in [6, 6.07) is 0.0577. The van der Waals surface area contributed by atoms with E-state index in [0.717, 1.165) is 12.2 Å². The molecule has 1 aliphatic rings. The summed E-state index contributed by atoms with van der Waals surface area (Å²) >= 11 is 1.74. The number of rotatable bonds is 3. The van der Waals surface area contributed by atoms with Crippen LogP contribution in [-0.2, 0) is 4.84 Å². The zero-order chi connectivity index (χ0) is 9.90. The predicted molar refractivity (Wildman–Crippen MR) is 45.5 cm³/mol. The minimum atomic E-state index is -4.25. The number of hydroxylamine groups is 1. The van der Waals surface area contributed by atoms with Crippen LogP contribution in [0, 0.1) is 0 Å². The van der Waals surface area contributed by atoms with Crippen molar-refractivity contribution in [1.82, 2.24) is 5.48 Å². The van der Waals surface area contributed by atoms with Crippen molar-refractivity contribution in [1.29, 1.82) is 0 Å². The van der Waals surface area contributed by atoms with Gasteiger partial charge in [-0.3, -0.25) is 4.84 Å². The van der Waals surface area contributed by atoms with Crippen LogP contribution >= 0.6 is 11.8 Å². The first-order chi connectivity index (χ1) is 5.97. The molecule has 1 fully saturated rings. The van der Waals surface area contributed by atoms with Crippen LogP contribution in [0.1, 0.15) is 13.3 Å². The van der Waals surface area contributed by atoms with Crippen LogP contribution in [0.3, 0.4) is 0 Å². The van der Waals surface area contributed by atoms with Crippen LogP contribution in [0.15, 0.2) is 0 Å². The molecule has 1 aliphatic heterocycles. The molecule has 0 aromatic carbocycles. The summed E-state index contributed by atoms with van der Waals surface area (Å²) in [6.45, 7) is 0.832. The van der Waals surface area contributed by atoms with Crippen molar-refractivity contribution in [2.24, 2.45) is 0 Å². The fourth-order valence-corrected chi connectivity index (χ4v) is 2.27. The van der Waals surface area contributed by atoms with Gasteiger partial charge in [0.15, 0.2) is 6.61 Å². The second kappa shape index (κ2) is 4.52. The van der Waals surface area contributed by atoms with E-state index in [9.17, 15) is 13.2 Å². The highest BCUT2D eigenvalue weighted by molar-refractivity contribution is 8.00. The van der Waals surface area contributed by atoms with Crippen LogP contribution in [0.4, 0.5) is 13.2 Å². The highest BCUT2D eigenvalue weighted by atomic mass is 32.2. The van der Waals surface area contributed by atoms with E-state index in [-0.39, 0.29) is 6.04 Å². The van der Waals surface area contributed by atoms with E-state index in [1.54, 1.807) is 11.8 Å². The lowest BCUT2D eigenvalue weighted by Gasteiger charge is -2.12. The third kappa shape index (κ3) is 4.73. The Morgan fingerprint density at radius 2 is 2.23 bits per heavy atom. The molecule has 1 saturated heterocycles. The number of alkyl halides is 3. The molecule has 0 amide bonds. The van der Waals surface area contributed by atoms with Gasteiger partial charge in [-0.25, -0.2) is 0 Å². The Labute approximate surface area is 79.2 Å². The fraction of sp³-hybridized carbons (Fsp3) is 1.00. The molecule has 0 aromatic heterocycles. The quantitative estimate of drug-likeness (QED) is 0.727. The highest BCUT2D eigenvalue weighted by Crippen LogP contribution is 2.26. The van der Waals surface area contributed by atoms with Crippen molar-refractivity contribution < 1.29 is 18.0 Å². The van der Waals surface area contributed by atoms with Gasteiger partial charge in [0.1, 0.15) is 0 Å². The van der Waals surface area contributed by atoms with Gasteiger partial charge in [-0.05, 0) is 6.42 Å². The molecule has 1 rings (SSSR count). The summed E-state index contributed by atoms with van der Waals surface area (Å²) in [5.41, 5.74) is 2.43. The van der Waals surface area contributed by atoms with Crippen molar-refractivity contribution >= 4 is 11.8 Å². The molecule has 0 radical (unpaired) electrons. The Bertz CT molecular complexity index is 164. The first kappa shape index (κ1) is 11.1. The van der Waals surface area contributed by atoms with E-state index >= 15 is 0 Å². The van der Waals surface area contributed by atoms with Gasteiger partial charge in [0.2, 0.25) is 0 Å². The molecule has 1 heterocycles. The molecule has 2 nitrogen and oxygen atoms in total. The summed E-state index contributed by atoms with van der Waals surface area (Å²) in [5, 5.41) is 0.506. The van der Waals surface area contributed by atoms with Crippen LogP contribution in [0.5, 0.6) is 0 Å². The summed E-state index contributed by atoms with van der Waals surface area (Å²) in [4.78, 5) is 4.34. The van der Waals surface area contributed by atoms with Gasteiger partial charge in [0.25, 0.3) is 0 Å². The lowest BCUT2D eigenvalue weighted by atomic mass is 10.2. The van der Waals surface area contributed by atoms with Gasteiger partial charge in [-0.2, -0.15) is 30.4 Å². The molecule has 6 heteroatoms. The largest absolute Gasteiger partial charge is 0.413 e. The molecule has 0 saturated carbocycles. The second-order valence-electron chi connectivity index (χ2n) is 3.10. The number of hydrogen-bond donors (Lipinski definition) is 1. The first-order valence-electron chi connectivity index (χ1n) is 4.03. The van der Waals surface area contributed by atoms with E-state index in [1.807, 2.05) is 0 Å². The third-order valence-corrected chi connectivity index (χ3v) is 3.04. The van der Waals surface area contributed by atoms with E-state index in [1.165, 1.54) is 0 Å². The Hall–Kier alpha value is 0.0600. The zero-order valence-electron chi connectivity index (χ0n) is 7.23. The lowest BCUT2D eigenvalue weighted by molar-refractivity contribution is -0.192. The molecule has 2 atom stereocenters. The number of halogens is 3. The van der Waals surface area contributed by atoms with Crippen molar-refractivity contribution in [3.8, 4) is 0 Å². The lowest BCUT2D eigenvalue weighted by Crippen LogP contribution is -2.33. The zero-order valence-corrected chi connectivity index (χ0v) is 8.04. The van der Waals surface area contributed by atoms with E-state index in [4.69, 9.17) is 0 Å². The summed E-state index contributed by atoms with van der Waals surface area (Å²) in [6.07, 6.45) is -3.38. The average molecular weight is 215 g/mol. The van der Waals surface area contributed by atoms with Crippen LogP contribution < -0.4 is 5.48 Å². The topological polar surface area (TPSA) is 21.3 Å². The minimum Gasteiger partial charge on any atom is -0.292 e. The number of thioether (sulfide) groups is 1. The predicted octanol–water partition coefficient (Wildman–Crippen LogP) is 1.96. The van der Waals surface area contributed by atoms with E-state index in [2.05, 4.69) is 17.2 Å². The molecule has 0 spiro atoms. The Morgan fingerprint density at radius 1 is 1.54 bits per heavy atom. The molecular formula is C7H12F3NOS. The molecule has 0 aliphatic carbocycles. The van der Waals surface area contributed by atoms with Gasteiger partial charge in [0.05, 0.1) is 0 Å². The highest BCUT2D eigenvalue weighted by Gasteiger charge is 2.29. The molecule has 2 unspecified atom stereocenters. The molecular weight excluding hydrogens is 203 g/mol.